The van der Waals surface area contributed by atoms with Gasteiger partial charge in [-0.05, 0) is 12.8 Å². The molecule has 2 rings (SSSR count). The molecule has 0 unspecified atom stereocenters. The molecule has 2 heterocycles. The predicted molar refractivity (Wildman–Crippen MR) is 51.5 cm³/mol. The van der Waals surface area contributed by atoms with Crippen molar-refractivity contribution in [2.45, 2.75) is 18.9 Å². The Kier molecular flexibility index (Phi) is 3.16. The lowest BCUT2D eigenvalue weighted by molar-refractivity contribution is 0.00722. The minimum absolute atomic E-state index is 0.115. The maximum atomic E-state index is 5.68. The normalized spacial score (nSPS) is 21.9. The number of halogens is 1. The molecule has 1 aliphatic rings. The van der Waals surface area contributed by atoms with Crippen LogP contribution in [0, 0.1) is 0 Å². The van der Waals surface area contributed by atoms with Gasteiger partial charge in [-0.2, -0.15) is 5.10 Å². The summed E-state index contributed by atoms with van der Waals surface area (Å²) in [4.78, 5) is 0. The number of ether oxygens (including phenoxy) is 2. The van der Waals surface area contributed by atoms with Crippen LogP contribution in [0.4, 0.5) is 0 Å². The Bertz CT molecular complexity index is 303. The summed E-state index contributed by atoms with van der Waals surface area (Å²) in [7, 11) is 0. The molecule has 1 atom stereocenters. The molecule has 4 nitrogen and oxygen atoms in total. The highest BCUT2D eigenvalue weighted by Gasteiger charge is 2.15. The van der Waals surface area contributed by atoms with Gasteiger partial charge in [0.1, 0.15) is 11.9 Å². The van der Waals surface area contributed by atoms with Gasteiger partial charge in [0.25, 0.3) is 0 Å². The molecule has 0 spiro atoms. The maximum absolute atomic E-state index is 5.68. The standard InChI is InChI=1S/C9H11ClN2O2/c10-9-4-8(5-11-12-9)14-7-2-1-3-13-6-7/h4-5,7H,1-3,6H2/t7-/m0/s1. The molecule has 1 fully saturated rings. The highest BCUT2D eigenvalue weighted by Crippen LogP contribution is 2.18. The molecule has 0 radical (unpaired) electrons. The summed E-state index contributed by atoms with van der Waals surface area (Å²) in [6.45, 7) is 1.47. The van der Waals surface area contributed by atoms with Crippen LogP contribution in [0.2, 0.25) is 5.15 Å². The second-order valence-corrected chi connectivity index (χ2v) is 3.56. The monoisotopic (exact) mass is 214 g/mol. The molecule has 1 aromatic rings. The van der Waals surface area contributed by atoms with E-state index < -0.39 is 0 Å². The summed E-state index contributed by atoms with van der Waals surface area (Å²) in [5.74, 6) is 0.653. The van der Waals surface area contributed by atoms with E-state index in [4.69, 9.17) is 21.1 Å². The molecule has 0 N–H and O–H groups in total. The van der Waals surface area contributed by atoms with E-state index in [0.717, 1.165) is 19.4 Å². The summed E-state index contributed by atoms with van der Waals surface area (Å²) in [6.07, 6.45) is 3.72. The maximum Gasteiger partial charge on any atom is 0.155 e. The number of nitrogens with zero attached hydrogens (tertiary/aromatic N) is 2. The first-order chi connectivity index (χ1) is 6.84. The van der Waals surface area contributed by atoms with Crippen molar-refractivity contribution in [3.63, 3.8) is 0 Å². The second-order valence-electron chi connectivity index (χ2n) is 3.17. The van der Waals surface area contributed by atoms with Crippen molar-refractivity contribution in [3.8, 4) is 5.75 Å². The molecule has 1 aromatic heterocycles. The topological polar surface area (TPSA) is 44.2 Å². The van der Waals surface area contributed by atoms with Crippen LogP contribution in [0.15, 0.2) is 12.3 Å². The summed E-state index contributed by atoms with van der Waals surface area (Å²) in [5, 5.41) is 7.69. The number of rotatable bonds is 2. The van der Waals surface area contributed by atoms with E-state index in [-0.39, 0.29) is 6.10 Å². The van der Waals surface area contributed by atoms with Crippen LogP contribution in [0.3, 0.4) is 0 Å². The van der Waals surface area contributed by atoms with Gasteiger partial charge in [0.2, 0.25) is 0 Å². The Morgan fingerprint density at radius 2 is 2.50 bits per heavy atom. The first-order valence-corrected chi connectivity index (χ1v) is 4.95. The smallest absolute Gasteiger partial charge is 0.155 e. The van der Waals surface area contributed by atoms with Crippen LogP contribution in [-0.2, 0) is 4.74 Å². The van der Waals surface area contributed by atoms with Gasteiger partial charge in [-0.3, -0.25) is 0 Å². The summed E-state index contributed by atoms with van der Waals surface area (Å²) >= 11 is 5.68. The molecule has 14 heavy (non-hydrogen) atoms. The zero-order valence-corrected chi connectivity index (χ0v) is 8.41. The quantitative estimate of drug-likeness (QED) is 0.752. The lowest BCUT2D eigenvalue weighted by Gasteiger charge is -2.22. The van der Waals surface area contributed by atoms with Crippen LogP contribution >= 0.6 is 11.6 Å². The van der Waals surface area contributed by atoms with Gasteiger partial charge >= 0.3 is 0 Å². The Balaban J connectivity index is 1.95. The largest absolute Gasteiger partial charge is 0.486 e. The van der Waals surface area contributed by atoms with E-state index in [1.165, 1.54) is 0 Å². The molecule has 0 aliphatic carbocycles. The highest BCUT2D eigenvalue weighted by molar-refractivity contribution is 6.29. The van der Waals surface area contributed by atoms with Crippen molar-refractivity contribution < 1.29 is 9.47 Å². The fraction of sp³-hybridized carbons (Fsp3) is 0.556. The van der Waals surface area contributed by atoms with Crippen LogP contribution in [0.1, 0.15) is 12.8 Å². The van der Waals surface area contributed by atoms with Crippen molar-refractivity contribution in [1.29, 1.82) is 0 Å². The number of hydrogen-bond acceptors (Lipinski definition) is 4. The van der Waals surface area contributed by atoms with Gasteiger partial charge in [0, 0.05) is 12.7 Å². The minimum atomic E-state index is 0.115. The summed E-state index contributed by atoms with van der Waals surface area (Å²) < 4.78 is 10.9. The van der Waals surface area contributed by atoms with Gasteiger partial charge in [0.15, 0.2) is 5.15 Å². The van der Waals surface area contributed by atoms with Gasteiger partial charge in [-0.15, -0.1) is 5.10 Å². The lowest BCUT2D eigenvalue weighted by atomic mass is 10.2. The van der Waals surface area contributed by atoms with E-state index in [1.54, 1.807) is 12.3 Å². The van der Waals surface area contributed by atoms with Crippen molar-refractivity contribution in [2.24, 2.45) is 0 Å². The summed E-state index contributed by atoms with van der Waals surface area (Å²) in [5.41, 5.74) is 0. The third-order valence-electron chi connectivity index (χ3n) is 2.02. The number of hydrogen-bond donors (Lipinski definition) is 0. The Labute approximate surface area is 87.2 Å². The molecular weight excluding hydrogens is 204 g/mol. The molecule has 0 amide bonds. The van der Waals surface area contributed by atoms with Crippen molar-refractivity contribution >= 4 is 11.6 Å². The van der Waals surface area contributed by atoms with Crippen LogP contribution in [0.5, 0.6) is 5.75 Å². The SMILES string of the molecule is Clc1cc(O[C@H]2CCCOC2)cnn1. The Hall–Kier alpha value is -0.870. The Morgan fingerprint density at radius 1 is 1.57 bits per heavy atom. The zero-order chi connectivity index (χ0) is 9.80. The molecule has 0 saturated carbocycles. The molecule has 76 valence electrons. The number of aromatic nitrogens is 2. The fourth-order valence-corrected chi connectivity index (χ4v) is 1.54. The zero-order valence-electron chi connectivity index (χ0n) is 7.65. The highest BCUT2D eigenvalue weighted by atomic mass is 35.5. The van der Waals surface area contributed by atoms with Crippen molar-refractivity contribution in [1.82, 2.24) is 10.2 Å². The van der Waals surface area contributed by atoms with Crippen LogP contribution < -0.4 is 4.74 Å². The molecule has 0 bridgehead atoms. The van der Waals surface area contributed by atoms with Gasteiger partial charge in [-0.25, -0.2) is 0 Å². The van der Waals surface area contributed by atoms with E-state index >= 15 is 0 Å². The van der Waals surface area contributed by atoms with E-state index in [9.17, 15) is 0 Å². The second kappa shape index (κ2) is 4.57. The minimum Gasteiger partial charge on any atom is -0.486 e. The molecule has 5 heteroatoms. The average molecular weight is 215 g/mol. The van der Waals surface area contributed by atoms with Crippen LogP contribution in [0.25, 0.3) is 0 Å². The first kappa shape index (κ1) is 9.68. The van der Waals surface area contributed by atoms with E-state index in [2.05, 4.69) is 10.2 Å². The molecule has 0 aromatic carbocycles. The van der Waals surface area contributed by atoms with Gasteiger partial charge in [0.05, 0.1) is 12.8 Å². The van der Waals surface area contributed by atoms with Gasteiger partial charge < -0.3 is 9.47 Å². The molecular formula is C9H11ClN2O2. The Morgan fingerprint density at radius 3 is 3.21 bits per heavy atom. The molecule has 1 saturated heterocycles. The lowest BCUT2D eigenvalue weighted by Crippen LogP contribution is -2.28. The van der Waals surface area contributed by atoms with Crippen molar-refractivity contribution in [3.05, 3.63) is 17.4 Å². The van der Waals surface area contributed by atoms with E-state index in [0.29, 0.717) is 17.5 Å². The average Bonchev–Trinajstić information content (AvgIpc) is 2.19. The van der Waals surface area contributed by atoms with Crippen molar-refractivity contribution in [2.75, 3.05) is 13.2 Å². The van der Waals surface area contributed by atoms with Gasteiger partial charge in [-0.1, -0.05) is 11.6 Å². The summed E-state index contributed by atoms with van der Waals surface area (Å²) in [6, 6.07) is 1.66. The van der Waals surface area contributed by atoms with E-state index in [1.807, 2.05) is 0 Å². The fourth-order valence-electron chi connectivity index (χ4n) is 1.39. The third-order valence-corrected chi connectivity index (χ3v) is 2.21. The first-order valence-electron chi connectivity index (χ1n) is 4.57. The predicted octanol–water partition coefficient (Wildman–Crippen LogP) is 1.69. The third kappa shape index (κ3) is 2.56. The molecule has 1 aliphatic heterocycles. The van der Waals surface area contributed by atoms with Crippen LogP contribution in [-0.4, -0.2) is 29.5 Å².